The maximum Gasteiger partial charge on any atom is 0.126 e. The van der Waals surface area contributed by atoms with Gasteiger partial charge in [0, 0.05) is 10.0 Å². The van der Waals surface area contributed by atoms with E-state index in [1.807, 2.05) is 0 Å². The lowest BCUT2D eigenvalue weighted by atomic mass is 10.3. The lowest BCUT2D eigenvalue weighted by molar-refractivity contribution is 0.803. The molecule has 1 aromatic heterocycles. The zero-order chi connectivity index (χ0) is 17.1. The molecular weight excluding hydrogens is 392 g/mol. The van der Waals surface area contributed by atoms with Crippen LogP contribution in [0.2, 0.25) is 20.1 Å². The van der Waals surface area contributed by atoms with Crippen molar-refractivity contribution in [3.63, 3.8) is 0 Å². The molecule has 24 heavy (non-hydrogen) atoms. The molecule has 122 valence electrons. The van der Waals surface area contributed by atoms with Gasteiger partial charge in [0.25, 0.3) is 0 Å². The Morgan fingerprint density at radius 1 is 1.00 bits per heavy atom. The van der Waals surface area contributed by atoms with Gasteiger partial charge in [0.2, 0.25) is 0 Å². The molecule has 0 spiro atoms. The van der Waals surface area contributed by atoms with Gasteiger partial charge in [-0.05, 0) is 30.3 Å². The molecule has 9 heteroatoms. The number of benzene rings is 2. The highest BCUT2D eigenvalue weighted by Gasteiger charge is 2.05. The quantitative estimate of drug-likeness (QED) is 0.475. The van der Waals surface area contributed by atoms with Crippen LogP contribution in [0.1, 0.15) is 5.69 Å². The van der Waals surface area contributed by atoms with Gasteiger partial charge < -0.3 is 0 Å². The van der Waals surface area contributed by atoms with Gasteiger partial charge in [-0.2, -0.15) is 5.10 Å². The number of aromatic nitrogens is 3. The van der Waals surface area contributed by atoms with Crippen LogP contribution in [0.15, 0.2) is 47.7 Å². The highest BCUT2D eigenvalue weighted by molar-refractivity contribution is 6.39. The highest BCUT2D eigenvalue weighted by atomic mass is 35.5. The van der Waals surface area contributed by atoms with Gasteiger partial charge >= 0.3 is 0 Å². The molecule has 3 rings (SSSR count). The van der Waals surface area contributed by atoms with E-state index in [9.17, 15) is 0 Å². The fourth-order valence-corrected chi connectivity index (χ4v) is 2.90. The Labute approximate surface area is 157 Å². The monoisotopic (exact) mass is 399 g/mol. The number of hydrogen-bond acceptors (Lipinski definition) is 4. The Hall–Kier alpha value is -1.79. The summed E-state index contributed by atoms with van der Waals surface area (Å²) >= 11 is 24.1. The van der Waals surface area contributed by atoms with Crippen molar-refractivity contribution in [3.8, 4) is 5.69 Å². The fraction of sp³-hybridized carbons (Fsp3) is 0. The third-order valence-corrected chi connectivity index (χ3v) is 4.03. The summed E-state index contributed by atoms with van der Waals surface area (Å²) in [4.78, 5) is 0. The molecule has 3 aromatic rings. The highest BCUT2D eigenvalue weighted by Crippen LogP contribution is 2.29. The standard InChI is InChI=1S/C15H9Cl4N5/c16-9-4-10(17)6-12(5-9)24-8-11(21-23-24)7-20-22-15-13(18)2-1-3-14(15)19/h1-8,22H/b20-7+. The molecule has 2 aromatic carbocycles. The lowest BCUT2D eigenvalue weighted by Gasteiger charge is -2.04. The fourth-order valence-electron chi connectivity index (χ4n) is 1.90. The van der Waals surface area contributed by atoms with E-state index in [4.69, 9.17) is 46.4 Å². The van der Waals surface area contributed by atoms with E-state index in [1.165, 1.54) is 6.21 Å². The van der Waals surface area contributed by atoms with Crippen molar-refractivity contribution < 1.29 is 0 Å². The molecule has 1 N–H and O–H groups in total. The molecule has 0 atom stereocenters. The van der Waals surface area contributed by atoms with Gasteiger partial charge in [-0.15, -0.1) is 5.10 Å². The summed E-state index contributed by atoms with van der Waals surface area (Å²) in [7, 11) is 0. The summed E-state index contributed by atoms with van der Waals surface area (Å²) in [5.41, 5.74) is 4.53. The second-order valence-electron chi connectivity index (χ2n) is 4.68. The minimum Gasteiger partial charge on any atom is -0.275 e. The first-order valence-corrected chi connectivity index (χ1v) is 8.16. The van der Waals surface area contributed by atoms with Crippen LogP contribution >= 0.6 is 46.4 Å². The number of rotatable bonds is 4. The largest absolute Gasteiger partial charge is 0.275 e. The number of nitrogens with zero attached hydrogens (tertiary/aromatic N) is 4. The van der Waals surface area contributed by atoms with Crippen molar-refractivity contribution in [1.29, 1.82) is 0 Å². The predicted molar refractivity (Wildman–Crippen MR) is 99.1 cm³/mol. The first kappa shape index (κ1) is 17.0. The molecule has 0 amide bonds. The number of anilines is 1. The van der Waals surface area contributed by atoms with E-state index in [0.717, 1.165) is 0 Å². The number of para-hydroxylation sites is 1. The molecule has 0 saturated carbocycles. The molecular formula is C15H9Cl4N5. The molecule has 0 radical (unpaired) electrons. The number of hydrazone groups is 1. The van der Waals surface area contributed by atoms with Crippen LogP contribution in [0, 0.1) is 0 Å². The third-order valence-electron chi connectivity index (χ3n) is 2.96. The zero-order valence-corrected chi connectivity index (χ0v) is 14.9. The third kappa shape index (κ3) is 3.99. The molecule has 0 saturated heterocycles. The van der Waals surface area contributed by atoms with Crippen molar-refractivity contribution >= 4 is 58.3 Å². The normalized spacial score (nSPS) is 11.2. The second-order valence-corrected chi connectivity index (χ2v) is 6.37. The molecule has 0 aliphatic heterocycles. The van der Waals surface area contributed by atoms with Gasteiger partial charge in [0.1, 0.15) is 5.69 Å². The molecule has 0 fully saturated rings. The summed E-state index contributed by atoms with van der Waals surface area (Å²) < 4.78 is 1.54. The molecule has 5 nitrogen and oxygen atoms in total. The van der Waals surface area contributed by atoms with Gasteiger partial charge in [-0.3, -0.25) is 5.43 Å². The van der Waals surface area contributed by atoms with Gasteiger partial charge in [0.05, 0.1) is 33.8 Å². The van der Waals surface area contributed by atoms with E-state index < -0.39 is 0 Å². The molecule has 0 aliphatic rings. The first-order chi connectivity index (χ1) is 11.5. The maximum absolute atomic E-state index is 6.05. The van der Waals surface area contributed by atoms with Crippen molar-refractivity contribution in [2.24, 2.45) is 5.10 Å². The summed E-state index contributed by atoms with van der Waals surface area (Å²) in [5, 5.41) is 14.0. The summed E-state index contributed by atoms with van der Waals surface area (Å²) in [6.07, 6.45) is 3.18. The second kappa shape index (κ2) is 7.40. The van der Waals surface area contributed by atoms with Crippen LogP contribution in [0.5, 0.6) is 0 Å². The Morgan fingerprint density at radius 3 is 2.33 bits per heavy atom. The van der Waals surface area contributed by atoms with E-state index >= 15 is 0 Å². The lowest BCUT2D eigenvalue weighted by Crippen LogP contribution is -1.94. The molecule has 0 aliphatic carbocycles. The average molecular weight is 401 g/mol. The Bertz CT molecular complexity index is 866. The summed E-state index contributed by atoms with van der Waals surface area (Å²) in [6.45, 7) is 0. The summed E-state index contributed by atoms with van der Waals surface area (Å²) in [5.74, 6) is 0. The van der Waals surface area contributed by atoms with E-state index in [2.05, 4.69) is 20.8 Å². The smallest absolute Gasteiger partial charge is 0.126 e. The maximum atomic E-state index is 6.05. The zero-order valence-electron chi connectivity index (χ0n) is 11.9. The van der Waals surface area contributed by atoms with Crippen LogP contribution in [0.3, 0.4) is 0 Å². The van der Waals surface area contributed by atoms with E-state index in [1.54, 1.807) is 47.3 Å². The Morgan fingerprint density at radius 2 is 1.67 bits per heavy atom. The molecule has 0 bridgehead atoms. The average Bonchev–Trinajstić information content (AvgIpc) is 2.98. The van der Waals surface area contributed by atoms with Crippen molar-refractivity contribution in [2.45, 2.75) is 0 Å². The van der Waals surface area contributed by atoms with Crippen molar-refractivity contribution in [2.75, 3.05) is 5.43 Å². The van der Waals surface area contributed by atoms with Crippen molar-refractivity contribution in [1.82, 2.24) is 15.0 Å². The van der Waals surface area contributed by atoms with Crippen molar-refractivity contribution in [3.05, 3.63) is 68.4 Å². The first-order valence-electron chi connectivity index (χ1n) is 6.65. The van der Waals surface area contributed by atoms with Crippen LogP contribution in [-0.2, 0) is 0 Å². The van der Waals surface area contributed by atoms with E-state index in [-0.39, 0.29) is 0 Å². The SMILES string of the molecule is Clc1cc(Cl)cc(-n2cc(/C=N/Nc3c(Cl)cccc3Cl)nn2)c1. The van der Waals surface area contributed by atoms with Crippen LogP contribution in [0.4, 0.5) is 5.69 Å². The van der Waals surface area contributed by atoms with Crippen LogP contribution in [-0.4, -0.2) is 21.2 Å². The van der Waals surface area contributed by atoms with Gasteiger partial charge in [-0.1, -0.05) is 57.7 Å². The van der Waals surface area contributed by atoms with Gasteiger partial charge in [0.15, 0.2) is 0 Å². The van der Waals surface area contributed by atoms with Gasteiger partial charge in [-0.25, -0.2) is 4.68 Å². The minimum absolute atomic E-state index is 0.469. The predicted octanol–water partition coefficient (Wildman–Crippen LogP) is 5.33. The number of halogens is 4. The number of hydrogen-bond donors (Lipinski definition) is 1. The Kier molecular flexibility index (Phi) is 5.26. The van der Waals surface area contributed by atoms with Crippen LogP contribution in [0.25, 0.3) is 5.69 Å². The van der Waals surface area contributed by atoms with E-state index in [0.29, 0.717) is 37.2 Å². The Balaban J connectivity index is 1.76. The number of nitrogens with one attached hydrogen (secondary N) is 1. The topological polar surface area (TPSA) is 55.1 Å². The summed E-state index contributed by atoms with van der Waals surface area (Å²) in [6, 6.07) is 10.3. The molecule has 1 heterocycles. The van der Waals surface area contributed by atoms with Crippen LogP contribution < -0.4 is 5.43 Å². The minimum atomic E-state index is 0.469. The molecule has 0 unspecified atom stereocenters.